The van der Waals surface area contributed by atoms with Crippen LogP contribution in [0.5, 0.6) is 0 Å². The minimum absolute atomic E-state index is 0.0423. The molecule has 90 valence electrons. The van der Waals surface area contributed by atoms with Gasteiger partial charge < -0.3 is 14.8 Å². The highest BCUT2D eigenvalue weighted by Crippen LogP contribution is 2.05. The number of ether oxygens (including phenoxy) is 2. The van der Waals surface area contributed by atoms with Gasteiger partial charge in [0.2, 0.25) is 5.91 Å². The molecule has 1 atom stereocenters. The lowest BCUT2D eigenvalue weighted by atomic mass is 10.2. The molecule has 0 saturated carbocycles. The van der Waals surface area contributed by atoms with Crippen molar-refractivity contribution >= 4 is 17.5 Å². The smallest absolute Gasteiger partial charge is 0.246 e. The molecule has 0 rings (SSSR count). The third-order valence-corrected chi connectivity index (χ3v) is 1.93. The molecule has 1 unspecified atom stereocenters. The highest BCUT2D eigenvalue weighted by atomic mass is 35.5. The van der Waals surface area contributed by atoms with E-state index in [2.05, 4.69) is 5.32 Å². The van der Waals surface area contributed by atoms with Crippen molar-refractivity contribution in [3.8, 4) is 0 Å². The molecule has 0 spiro atoms. The molecule has 1 amide bonds. The molecular weight excluding hydrogens is 218 g/mol. The molecule has 0 bridgehead atoms. The SMILES string of the molecule is COCC(CCl)NC(=O)COC(C)(C)C. The second kappa shape index (κ2) is 7.04. The molecule has 0 aromatic carbocycles. The summed E-state index contributed by atoms with van der Waals surface area (Å²) in [4.78, 5) is 11.4. The van der Waals surface area contributed by atoms with Crippen LogP contribution in [0.3, 0.4) is 0 Å². The monoisotopic (exact) mass is 237 g/mol. The van der Waals surface area contributed by atoms with Gasteiger partial charge >= 0.3 is 0 Å². The predicted octanol–water partition coefficient (Wildman–Crippen LogP) is 1.17. The van der Waals surface area contributed by atoms with E-state index in [0.717, 1.165) is 0 Å². The van der Waals surface area contributed by atoms with Gasteiger partial charge in [0.1, 0.15) is 6.61 Å². The maximum Gasteiger partial charge on any atom is 0.246 e. The van der Waals surface area contributed by atoms with Gasteiger partial charge in [-0.25, -0.2) is 0 Å². The van der Waals surface area contributed by atoms with Crippen LogP contribution in [0.25, 0.3) is 0 Å². The molecule has 5 heteroatoms. The van der Waals surface area contributed by atoms with Gasteiger partial charge in [-0.05, 0) is 20.8 Å². The van der Waals surface area contributed by atoms with Crippen LogP contribution in [0, 0.1) is 0 Å². The highest BCUT2D eigenvalue weighted by Gasteiger charge is 2.15. The predicted molar refractivity (Wildman–Crippen MR) is 60.2 cm³/mol. The van der Waals surface area contributed by atoms with Crippen molar-refractivity contribution in [3.63, 3.8) is 0 Å². The maximum absolute atomic E-state index is 11.4. The van der Waals surface area contributed by atoms with E-state index in [9.17, 15) is 4.79 Å². The molecule has 0 fully saturated rings. The lowest BCUT2D eigenvalue weighted by Gasteiger charge is -2.20. The van der Waals surface area contributed by atoms with Crippen molar-refractivity contribution in [3.05, 3.63) is 0 Å². The fraction of sp³-hybridized carbons (Fsp3) is 0.900. The molecule has 0 aromatic heterocycles. The van der Waals surface area contributed by atoms with E-state index in [1.807, 2.05) is 20.8 Å². The van der Waals surface area contributed by atoms with Gasteiger partial charge in [-0.2, -0.15) is 0 Å². The second-order valence-corrected chi connectivity index (χ2v) is 4.58. The number of halogens is 1. The molecule has 0 saturated heterocycles. The Kier molecular flexibility index (Phi) is 6.89. The third kappa shape index (κ3) is 8.66. The zero-order chi connectivity index (χ0) is 11.9. The summed E-state index contributed by atoms with van der Waals surface area (Å²) in [6.07, 6.45) is 0. The van der Waals surface area contributed by atoms with Gasteiger partial charge in [-0.3, -0.25) is 4.79 Å². The van der Waals surface area contributed by atoms with Crippen molar-refractivity contribution < 1.29 is 14.3 Å². The fourth-order valence-electron chi connectivity index (χ4n) is 0.877. The number of carbonyl (C=O) groups is 1. The second-order valence-electron chi connectivity index (χ2n) is 4.28. The number of rotatable bonds is 6. The number of carbonyl (C=O) groups excluding carboxylic acids is 1. The normalized spacial score (nSPS) is 13.7. The first-order chi connectivity index (χ1) is 6.89. The van der Waals surface area contributed by atoms with Crippen LogP contribution in [-0.4, -0.2) is 43.8 Å². The Morgan fingerprint density at radius 2 is 2.07 bits per heavy atom. The number of hydrogen-bond donors (Lipinski definition) is 1. The molecule has 4 nitrogen and oxygen atoms in total. The quantitative estimate of drug-likeness (QED) is 0.706. The first-order valence-electron chi connectivity index (χ1n) is 4.87. The van der Waals surface area contributed by atoms with Gasteiger partial charge in [0.25, 0.3) is 0 Å². The summed E-state index contributed by atoms with van der Waals surface area (Å²) < 4.78 is 10.2. The van der Waals surface area contributed by atoms with E-state index in [0.29, 0.717) is 12.5 Å². The van der Waals surface area contributed by atoms with E-state index >= 15 is 0 Å². The zero-order valence-corrected chi connectivity index (χ0v) is 10.6. The van der Waals surface area contributed by atoms with E-state index in [-0.39, 0.29) is 24.2 Å². The van der Waals surface area contributed by atoms with Crippen LogP contribution >= 0.6 is 11.6 Å². The topological polar surface area (TPSA) is 47.6 Å². The molecule has 0 aliphatic rings. The standard InChI is InChI=1S/C10H20ClNO3/c1-10(2,3)15-7-9(13)12-8(5-11)6-14-4/h8H,5-7H2,1-4H3,(H,12,13). The Hall–Kier alpha value is -0.320. The van der Waals surface area contributed by atoms with Crippen LogP contribution in [0.4, 0.5) is 0 Å². The summed E-state index contributed by atoms with van der Waals surface area (Å²) in [6, 6.07) is -0.160. The number of hydrogen-bond acceptors (Lipinski definition) is 3. The largest absolute Gasteiger partial charge is 0.383 e. The van der Waals surface area contributed by atoms with Crippen molar-refractivity contribution in [2.45, 2.75) is 32.4 Å². The van der Waals surface area contributed by atoms with Gasteiger partial charge in [0, 0.05) is 13.0 Å². The summed E-state index contributed by atoms with van der Waals surface area (Å²) in [5, 5.41) is 2.72. The van der Waals surface area contributed by atoms with Gasteiger partial charge in [0.15, 0.2) is 0 Å². The van der Waals surface area contributed by atoms with E-state index < -0.39 is 0 Å². The first kappa shape index (κ1) is 14.7. The molecular formula is C10H20ClNO3. The average molecular weight is 238 g/mol. The Labute approximate surface area is 96.3 Å². The lowest BCUT2D eigenvalue weighted by molar-refractivity contribution is -0.131. The molecule has 0 aliphatic carbocycles. The minimum atomic E-state index is -0.310. The average Bonchev–Trinajstić information content (AvgIpc) is 2.13. The van der Waals surface area contributed by atoms with Crippen LogP contribution in [-0.2, 0) is 14.3 Å². The van der Waals surface area contributed by atoms with E-state index in [1.165, 1.54) is 0 Å². The lowest BCUT2D eigenvalue weighted by Crippen LogP contribution is -2.42. The fourth-order valence-corrected chi connectivity index (χ4v) is 1.04. The molecule has 0 heterocycles. The Bertz CT molecular complexity index is 192. The Morgan fingerprint density at radius 1 is 1.47 bits per heavy atom. The highest BCUT2D eigenvalue weighted by molar-refractivity contribution is 6.18. The molecule has 0 radical (unpaired) electrons. The number of alkyl halides is 1. The Morgan fingerprint density at radius 3 is 2.47 bits per heavy atom. The van der Waals surface area contributed by atoms with Gasteiger partial charge in [0.05, 0.1) is 18.2 Å². The van der Waals surface area contributed by atoms with Crippen LogP contribution in [0.15, 0.2) is 0 Å². The summed E-state index contributed by atoms with van der Waals surface area (Å²) in [7, 11) is 1.57. The van der Waals surface area contributed by atoms with Crippen LogP contribution in [0.1, 0.15) is 20.8 Å². The summed E-state index contributed by atoms with van der Waals surface area (Å²) >= 11 is 5.64. The third-order valence-electron chi connectivity index (χ3n) is 1.56. The molecule has 0 aliphatic heterocycles. The number of nitrogens with one attached hydrogen (secondary N) is 1. The first-order valence-corrected chi connectivity index (χ1v) is 5.40. The van der Waals surface area contributed by atoms with Crippen LogP contribution < -0.4 is 5.32 Å². The van der Waals surface area contributed by atoms with Gasteiger partial charge in [-0.1, -0.05) is 0 Å². The van der Waals surface area contributed by atoms with Crippen LogP contribution in [0.2, 0.25) is 0 Å². The van der Waals surface area contributed by atoms with Crippen molar-refractivity contribution in [1.82, 2.24) is 5.32 Å². The molecule has 1 N–H and O–H groups in total. The van der Waals surface area contributed by atoms with E-state index in [4.69, 9.17) is 21.1 Å². The minimum Gasteiger partial charge on any atom is -0.383 e. The van der Waals surface area contributed by atoms with Crippen molar-refractivity contribution in [2.75, 3.05) is 26.2 Å². The molecule has 0 aromatic rings. The summed E-state index contributed by atoms with van der Waals surface area (Å²) in [5.74, 6) is 0.155. The Balaban J connectivity index is 3.81. The number of methoxy groups -OCH3 is 1. The van der Waals surface area contributed by atoms with Gasteiger partial charge in [-0.15, -0.1) is 11.6 Å². The summed E-state index contributed by atoms with van der Waals surface area (Å²) in [6.45, 7) is 6.14. The van der Waals surface area contributed by atoms with Crippen molar-refractivity contribution in [2.24, 2.45) is 0 Å². The molecule has 15 heavy (non-hydrogen) atoms. The number of amides is 1. The zero-order valence-electron chi connectivity index (χ0n) is 9.80. The van der Waals surface area contributed by atoms with E-state index in [1.54, 1.807) is 7.11 Å². The maximum atomic E-state index is 11.4. The summed E-state index contributed by atoms with van der Waals surface area (Å²) in [5.41, 5.74) is -0.310. The van der Waals surface area contributed by atoms with Crippen molar-refractivity contribution in [1.29, 1.82) is 0 Å².